The molecule has 0 radical (unpaired) electrons. The molecule has 0 bridgehead atoms. The fourth-order valence-electron chi connectivity index (χ4n) is 1.84. The molecule has 0 saturated heterocycles. The molecule has 2 heterocycles. The highest BCUT2D eigenvalue weighted by molar-refractivity contribution is 5.92. The molecule has 0 spiro atoms. The summed E-state index contributed by atoms with van der Waals surface area (Å²) in [5.41, 5.74) is 3.00. The van der Waals surface area contributed by atoms with Gasteiger partial charge in [0.1, 0.15) is 5.56 Å². The largest absolute Gasteiger partial charge is 0.478 e. The van der Waals surface area contributed by atoms with Gasteiger partial charge in [-0.2, -0.15) is 10.2 Å². The van der Waals surface area contributed by atoms with Crippen LogP contribution in [0.4, 0.5) is 0 Å². The van der Waals surface area contributed by atoms with E-state index < -0.39 is 5.97 Å². The third-order valence-electron chi connectivity index (χ3n) is 2.86. The molecule has 2 aromatic heterocycles. The molecule has 0 aliphatic carbocycles. The van der Waals surface area contributed by atoms with Crippen LogP contribution in [0.25, 0.3) is 5.82 Å². The lowest BCUT2D eigenvalue weighted by Gasteiger charge is -2.10. The van der Waals surface area contributed by atoms with Gasteiger partial charge in [-0.1, -0.05) is 0 Å². The third kappa shape index (κ3) is 1.85. The van der Waals surface area contributed by atoms with Crippen LogP contribution in [0.3, 0.4) is 0 Å². The fourth-order valence-corrected chi connectivity index (χ4v) is 1.84. The second-order valence-electron chi connectivity index (χ2n) is 4.25. The third-order valence-corrected chi connectivity index (χ3v) is 2.86. The maximum absolute atomic E-state index is 11.4. The van der Waals surface area contributed by atoms with Crippen molar-refractivity contribution in [2.75, 3.05) is 0 Å². The highest BCUT2D eigenvalue weighted by Gasteiger charge is 2.20. The standard InChI is InChI=1S/C12H14N4O2/c1-6-5-7(2)16(15-6)11-10(12(17)18)8(3)9(4)13-14-11/h5H,1-4H3,(H,17,18). The van der Waals surface area contributed by atoms with Gasteiger partial charge in [-0.3, -0.25) is 0 Å². The number of hydrogen-bond acceptors (Lipinski definition) is 4. The Kier molecular flexibility index (Phi) is 2.86. The van der Waals surface area contributed by atoms with Gasteiger partial charge < -0.3 is 5.11 Å². The first-order valence-corrected chi connectivity index (χ1v) is 5.52. The van der Waals surface area contributed by atoms with Crippen LogP contribution in [0.15, 0.2) is 6.07 Å². The number of nitrogens with zero attached hydrogens (tertiary/aromatic N) is 4. The summed E-state index contributed by atoms with van der Waals surface area (Å²) >= 11 is 0. The van der Waals surface area contributed by atoms with Gasteiger partial charge in [0.2, 0.25) is 0 Å². The van der Waals surface area contributed by atoms with E-state index in [1.807, 2.05) is 19.9 Å². The molecular formula is C12H14N4O2. The van der Waals surface area contributed by atoms with E-state index in [-0.39, 0.29) is 11.4 Å². The molecular weight excluding hydrogens is 232 g/mol. The molecule has 0 saturated carbocycles. The monoisotopic (exact) mass is 246 g/mol. The number of aromatic carboxylic acids is 1. The lowest BCUT2D eigenvalue weighted by Crippen LogP contribution is -2.14. The average Bonchev–Trinajstić information content (AvgIpc) is 2.61. The van der Waals surface area contributed by atoms with Crippen molar-refractivity contribution in [2.24, 2.45) is 0 Å². The van der Waals surface area contributed by atoms with Gasteiger partial charge in [0, 0.05) is 5.69 Å². The van der Waals surface area contributed by atoms with Crippen LogP contribution in [0.1, 0.15) is 33.0 Å². The topological polar surface area (TPSA) is 80.9 Å². The predicted octanol–water partition coefficient (Wildman–Crippen LogP) is 1.59. The molecule has 94 valence electrons. The molecule has 0 amide bonds. The van der Waals surface area contributed by atoms with Crippen LogP contribution >= 0.6 is 0 Å². The molecule has 0 aliphatic rings. The van der Waals surface area contributed by atoms with Gasteiger partial charge in [0.15, 0.2) is 5.82 Å². The second kappa shape index (κ2) is 4.21. The Balaban J connectivity index is 2.76. The van der Waals surface area contributed by atoms with Crippen LogP contribution in [0.5, 0.6) is 0 Å². The van der Waals surface area contributed by atoms with Crippen LogP contribution in [0, 0.1) is 27.7 Å². The molecule has 1 N–H and O–H groups in total. The van der Waals surface area contributed by atoms with E-state index in [9.17, 15) is 9.90 Å². The number of aromatic nitrogens is 4. The Hall–Kier alpha value is -2.24. The molecule has 0 unspecified atom stereocenters. The number of aryl methyl sites for hydroxylation is 3. The quantitative estimate of drug-likeness (QED) is 0.870. The summed E-state index contributed by atoms with van der Waals surface area (Å²) in [5, 5.41) is 21.5. The molecule has 2 rings (SSSR count). The number of carboxylic acids is 1. The summed E-state index contributed by atoms with van der Waals surface area (Å²) in [6.07, 6.45) is 0. The van der Waals surface area contributed by atoms with E-state index in [1.165, 1.54) is 4.68 Å². The van der Waals surface area contributed by atoms with Crippen molar-refractivity contribution >= 4 is 5.97 Å². The molecule has 6 heteroatoms. The molecule has 2 aromatic rings. The number of hydrogen-bond donors (Lipinski definition) is 1. The van der Waals surface area contributed by atoms with Crippen molar-refractivity contribution in [1.29, 1.82) is 0 Å². The molecule has 0 aliphatic heterocycles. The Morgan fingerprint density at radius 2 is 1.89 bits per heavy atom. The van der Waals surface area contributed by atoms with Crippen LogP contribution in [0.2, 0.25) is 0 Å². The Bertz CT molecular complexity index is 631. The van der Waals surface area contributed by atoms with E-state index in [0.717, 1.165) is 11.4 Å². The first-order chi connectivity index (χ1) is 8.41. The van der Waals surface area contributed by atoms with E-state index in [4.69, 9.17) is 0 Å². The summed E-state index contributed by atoms with van der Waals surface area (Å²) < 4.78 is 1.51. The highest BCUT2D eigenvalue weighted by atomic mass is 16.4. The molecule has 0 fully saturated rings. The van der Waals surface area contributed by atoms with Crippen molar-refractivity contribution in [3.05, 3.63) is 34.3 Å². The minimum atomic E-state index is -1.02. The predicted molar refractivity (Wildman–Crippen MR) is 65.1 cm³/mol. The molecule has 18 heavy (non-hydrogen) atoms. The van der Waals surface area contributed by atoms with Gasteiger partial charge >= 0.3 is 5.97 Å². The van der Waals surface area contributed by atoms with Crippen LogP contribution < -0.4 is 0 Å². The maximum atomic E-state index is 11.4. The van der Waals surface area contributed by atoms with Crippen molar-refractivity contribution < 1.29 is 9.90 Å². The number of carbonyl (C=O) groups is 1. The summed E-state index contributed by atoms with van der Waals surface area (Å²) in [4.78, 5) is 11.4. The number of rotatable bonds is 2. The van der Waals surface area contributed by atoms with E-state index in [1.54, 1.807) is 13.8 Å². The highest BCUT2D eigenvalue weighted by Crippen LogP contribution is 2.19. The molecule has 6 nitrogen and oxygen atoms in total. The van der Waals surface area contributed by atoms with Crippen LogP contribution in [-0.4, -0.2) is 31.1 Å². The van der Waals surface area contributed by atoms with E-state index >= 15 is 0 Å². The first kappa shape index (κ1) is 12.2. The van der Waals surface area contributed by atoms with Crippen molar-refractivity contribution in [2.45, 2.75) is 27.7 Å². The van der Waals surface area contributed by atoms with E-state index in [0.29, 0.717) is 11.3 Å². The van der Waals surface area contributed by atoms with Gasteiger partial charge in [-0.15, -0.1) is 5.10 Å². The summed E-state index contributed by atoms with van der Waals surface area (Å²) in [6, 6.07) is 1.86. The summed E-state index contributed by atoms with van der Waals surface area (Å²) in [6.45, 7) is 7.16. The Morgan fingerprint density at radius 3 is 2.39 bits per heavy atom. The lowest BCUT2D eigenvalue weighted by molar-refractivity contribution is 0.0695. The Morgan fingerprint density at radius 1 is 1.22 bits per heavy atom. The zero-order valence-electron chi connectivity index (χ0n) is 10.7. The summed E-state index contributed by atoms with van der Waals surface area (Å²) in [7, 11) is 0. The first-order valence-electron chi connectivity index (χ1n) is 5.52. The lowest BCUT2D eigenvalue weighted by atomic mass is 10.1. The zero-order valence-corrected chi connectivity index (χ0v) is 10.7. The summed E-state index contributed by atoms with van der Waals surface area (Å²) in [5.74, 6) is -0.760. The molecule has 0 aromatic carbocycles. The van der Waals surface area contributed by atoms with Gasteiger partial charge in [0.05, 0.1) is 11.4 Å². The minimum absolute atomic E-state index is 0.147. The normalized spacial score (nSPS) is 10.7. The second-order valence-corrected chi connectivity index (χ2v) is 4.25. The average molecular weight is 246 g/mol. The molecule has 0 atom stereocenters. The zero-order chi connectivity index (χ0) is 13.4. The van der Waals surface area contributed by atoms with Crippen molar-refractivity contribution in [3.63, 3.8) is 0 Å². The van der Waals surface area contributed by atoms with Gasteiger partial charge in [-0.25, -0.2) is 9.48 Å². The van der Waals surface area contributed by atoms with E-state index in [2.05, 4.69) is 15.3 Å². The van der Waals surface area contributed by atoms with Gasteiger partial charge in [-0.05, 0) is 39.3 Å². The smallest absolute Gasteiger partial charge is 0.339 e. The SMILES string of the molecule is Cc1cc(C)n(-c2nnc(C)c(C)c2C(=O)O)n1. The van der Waals surface area contributed by atoms with Crippen molar-refractivity contribution in [1.82, 2.24) is 20.0 Å². The minimum Gasteiger partial charge on any atom is -0.478 e. The number of carboxylic acid groups (broad SMARTS) is 1. The fraction of sp³-hybridized carbons (Fsp3) is 0.333. The van der Waals surface area contributed by atoms with Gasteiger partial charge in [0.25, 0.3) is 0 Å². The maximum Gasteiger partial charge on any atom is 0.339 e. The Labute approximate surface area is 104 Å². The van der Waals surface area contributed by atoms with Crippen molar-refractivity contribution in [3.8, 4) is 5.82 Å². The van der Waals surface area contributed by atoms with Crippen LogP contribution in [-0.2, 0) is 0 Å².